The lowest BCUT2D eigenvalue weighted by atomic mass is 9.97. The van der Waals surface area contributed by atoms with Gasteiger partial charge in [-0.3, -0.25) is 9.59 Å². The third-order valence-electron chi connectivity index (χ3n) is 4.82. The van der Waals surface area contributed by atoms with E-state index in [4.69, 9.17) is 4.74 Å². The fourth-order valence-electron chi connectivity index (χ4n) is 3.51. The Balaban J connectivity index is 1.58. The molecule has 1 N–H and O–H groups in total. The normalized spacial score (nSPS) is 22.1. The van der Waals surface area contributed by atoms with E-state index in [1.54, 1.807) is 17.0 Å². The summed E-state index contributed by atoms with van der Waals surface area (Å²) in [6.45, 7) is 3.00. The Bertz CT molecular complexity index is 831. The molecule has 5 heteroatoms. The molecule has 2 aromatic rings. The Morgan fingerprint density at radius 3 is 2.72 bits per heavy atom. The average Bonchev–Trinajstić information content (AvgIpc) is 2.62. The van der Waals surface area contributed by atoms with E-state index < -0.39 is 5.72 Å². The van der Waals surface area contributed by atoms with Gasteiger partial charge in [0.05, 0.1) is 12.1 Å². The second-order valence-electron chi connectivity index (χ2n) is 6.74. The molecule has 128 valence electrons. The van der Waals surface area contributed by atoms with E-state index in [1.165, 1.54) is 0 Å². The maximum Gasteiger partial charge on any atom is 0.258 e. The molecule has 2 aliphatic heterocycles. The quantitative estimate of drug-likeness (QED) is 0.871. The number of hydrogen-bond donors (Lipinski definition) is 1. The van der Waals surface area contributed by atoms with Gasteiger partial charge >= 0.3 is 0 Å². The van der Waals surface area contributed by atoms with Crippen LogP contribution in [-0.2, 0) is 0 Å². The summed E-state index contributed by atoms with van der Waals surface area (Å²) in [5, 5.41) is 2.98. The summed E-state index contributed by atoms with van der Waals surface area (Å²) in [7, 11) is 0. The monoisotopic (exact) mass is 336 g/mol. The fraction of sp³-hybridized carbons (Fsp3) is 0.300. The van der Waals surface area contributed by atoms with Crippen LogP contribution in [0.1, 0.15) is 39.1 Å². The van der Waals surface area contributed by atoms with Crippen LogP contribution in [-0.4, -0.2) is 35.5 Å². The van der Waals surface area contributed by atoms with Gasteiger partial charge in [-0.2, -0.15) is 0 Å². The van der Waals surface area contributed by atoms with Crippen LogP contribution in [0.4, 0.5) is 0 Å². The number of nitrogens with one attached hydrogen (secondary N) is 1. The van der Waals surface area contributed by atoms with Crippen LogP contribution >= 0.6 is 0 Å². The van der Waals surface area contributed by atoms with Crippen LogP contribution < -0.4 is 10.1 Å². The highest BCUT2D eigenvalue weighted by molar-refractivity contribution is 5.98. The predicted octanol–water partition coefficient (Wildman–Crippen LogP) is 2.75. The molecule has 0 saturated carbocycles. The Labute approximate surface area is 146 Å². The number of piperidine rings is 1. The highest BCUT2D eigenvalue weighted by Crippen LogP contribution is 2.32. The molecule has 1 spiro atoms. The number of likely N-dealkylation sites (tertiary alicyclic amines) is 1. The Kier molecular flexibility index (Phi) is 3.71. The molecule has 1 saturated heterocycles. The highest BCUT2D eigenvalue weighted by atomic mass is 16.5. The molecular formula is C20H20N2O3. The van der Waals surface area contributed by atoms with Crippen molar-refractivity contribution in [2.24, 2.45) is 0 Å². The van der Waals surface area contributed by atoms with E-state index in [1.807, 2.05) is 43.3 Å². The summed E-state index contributed by atoms with van der Waals surface area (Å²) >= 11 is 0. The number of fused-ring (bicyclic) bond motifs is 1. The van der Waals surface area contributed by atoms with Crippen molar-refractivity contribution in [3.05, 3.63) is 65.2 Å². The Hall–Kier alpha value is -2.82. The summed E-state index contributed by atoms with van der Waals surface area (Å²) in [6.07, 6.45) is 1.46. The summed E-state index contributed by atoms with van der Waals surface area (Å²) in [5.41, 5.74) is 1.47. The number of carbonyl (C=O) groups excluding carboxylic acids is 2. The summed E-state index contributed by atoms with van der Waals surface area (Å²) in [5.74, 6) is 0.401. The number of carbonyl (C=O) groups is 2. The van der Waals surface area contributed by atoms with E-state index in [9.17, 15) is 9.59 Å². The van der Waals surface area contributed by atoms with E-state index in [2.05, 4.69) is 5.32 Å². The van der Waals surface area contributed by atoms with Crippen molar-refractivity contribution in [1.82, 2.24) is 10.2 Å². The maximum absolute atomic E-state index is 12.8. The molecule has 2 heterocycles. The minimum atomic E-state index is -0.843. The van der Waals surface area contributed by atoms with E-state index in [0.717, 1.165) is 12.0 Å². The number of ether oxygens (including phenoxy) is 1. The first-order valence-corrected chi connectivity index (χ1v) is 8.53. The van der Waals surface area contributed by atoms with Crippen molar-refractivity contribution in [3.8, 4) is 5.75 Å². The molecule has 5 nitrogen and oxygen atoms in total. The van der Waals surface area contributed by atoms with Crippen molar-refractivity contribution in [1.29, 1.82) is 0 Å². The van der Waals surface area contributed by atoms with Crippen LogP contribution in [0.5, 0.6) is 5.75 Å². The number of amides is 2. The van der Waals surface area contributed by atoms with Gasteiger partial charge in [-0.1, -0.05) is 29.8 Å². The molecule has 4 rings (SSSR count). The van der Waals surface area contributed by atoms with Gasteiger partial charge in [-0.25, -0.2) is 0 Å². The van der Waals surface area contributed by atoms with Gasteiger partial charge in [0, 0.05) is 18.5 Å². The third-order valence-corrected chi connectivity index (χ3v) is 4.82. The van der Waals surface area contributed by atoms with Gasteiger partial charge < -0.3 is 15.0 Å². The smallest absolute Gasteiger partial charge is 0.258 e. The topological polar surface area (TPSA) is 58.6 Å². The van der Waals surface area contributed by atoms with Crippen LogP contribution in [0, 0.1) is 6.92 Å². The van der Waals surface area contributed by atoms with E-state index in [-0.39, 0.29) is 11.8 Å². The molecule has 0 bridgehead atoms. The van der Waals surface area contributed by atoms with Gasteiger partial charge in [-0.05, 0) is 37.6 Å². The molecular weight excluding hydrogens is 316 g/mol. The summed E-state index contributed by atoms with van der Waals surface area (Å²) in [4.78, 5) is 27.0. The number of nitrogens with zero attached hydrogens (tertiary/aromatic N) is 1. The Morgan fingerprint density at radius 1 is 1.16 bits per heavy atom. The average molecular weight is 336 g/mol. The molecule has 25 heavy (non-hydrogen) atoms. The van der Waals surface area contributed by atoms with E-state index >= 15 is 0 Å². The zero-order valence-electron chi connectivity index (χ0n) is 14.1. The van der Waals surface area contributed by atoms with Crippen LogP contribution in [0.2, 0.25) is 0 Å². The Morgan fingerprint density at radius 2 is 1.92 bits per heavy atom. The van der Waals surface area contributed by atoms with Crippen molar-refractivity contribution in [3.63, 3.8) is 0 Å². The van der Waals surface area contributed by atoms with Crippen LogP contribution in [0.25, 0.3) is 0 Å². The molecule has 2 aromatic carbocycles. The standard InChI is InChI=1S/C20H20N2O3/c1-14-7-9-15(10-8-14)19(24)22-12-4-11-20(13-22)21-18(23)16-5-2-3-6-17(16)25-20/h2-3,5-10H,4,11-13H2,1H3,(H,21,23). The number of benzene rings is 2. The van der Waals surface area contributed by atoms with Crippen LogP contribution in [0.3, 0.4) is 0 Å². The minimum Gasteiger partial charge on any atom is -0.465 e. The molecule has 1 fully saturated rings. The first-order valence-electron chi connectivity index (χ1n) is 8.53. The predicted molar refractivity (Wildman–Crippen MR) is 93.6 cm³/mol. The molecule has 0 aliphatic carbocycles. The number of hydrogen-bond acceptors (Lipinski definition) is 3. The fourth-order valence-corrected chi connectivity index (χ4v) is 3.51. The number of para-hydroxylation sites is 1. The maximum atomic E-state index is 12.8. The largest absolute Gasteiger partial charge is 0.465 e. The number of aryl methyl sites for hydroxylation is 1. The third kappa shape index (κ3) is 2.86. The van der Waals surface area contributed by atoms with Gasteiger partial charge in [0.25, 0.3) is 11.8 Å². The minimum absolute atomic E-state index is 0.0317. The second kappa shape index (κ2) is 5.92. The van der Waals surface area contributed by atoms with E-state index in [0.29, 0.717) is 36.4 Å². The van der Waals surface area contributed by atoms with Gasteiger partial charge in [0.1, 0.15) is 5.75 Å². The molecule has 0 aromatic heterocycles. The molecule has 1 atom stereocenters. The van der Waals surface area contributed by atoms with Crippen LogP contribution in [0.15, 0.2) is 48.5 Å². The molecule has 2 aliphatic rings. The van der Waals surface area contributed by atoms with Crippen molar-refractivity contribution in [2.45, 2.75) is 25.5 Å². The lowest BCUT2D eigenvalue weighted by Gasteiger charge is -2.45. The zero-order chi connectivity index (χ0) is 17.4. The SMILES string of the molecule is Cc1ccc(C(=O)N2CCCC3(C2)NC(=O)c2ccccc2O3)cc1. The first-order chi connectivity index (χ1) is 12.1. The number of rotatable bonds is 1. The molecule has 2 amide bonds. The van der Waals surface area contributed by atoms with Gasteiger partial charge in [-0.15, -0.1) is 0 Å². The molecule has 1 unspecified atom stereocenters. The van der Waals surface area contributed by atoms with Crippen molar-refractivity contribution in [2.75, 3.05) is 13.1 Å². The van der Waals surface area contributed by atoms with Gasteiger partial charge in [0.2, 0.25) is 5.72 Å². The zero-order valence-corrected chi connectivity index (χ0v) is 14.1. The van der Waals surface area contributed by atoms with Crippen molar-refractivity contribution >= 4 is 11.8 Å². The second-order valence-corrected chi connectivity index (χ2v) is 6.74. The lowest BCUT2D eigenvalue weighted by molar-refractivity contribution is -0.0314. The highest BCUT2D eigenvalue weighted by Gasteiger charge is 2.44. The lowest BCUT2D eigenvalue weighted by Crippen LogP contribution is -2.64. The molecule has 0 radical (unpaired) electrons. The summed E-state index contributed by atoms with van der Waals surface area (Å²) in [6, 6.07) is 14.8. The van der Waals surface area contributed by atoms with Crippen molar-refractivity contribution < 1.29 is 14.3 Å². The van der Waals surface area contributed by atoms with Gasteiger partial charge in [0.15, 0.2) is 0 Å². The first kappa shape index (κ1) is 15.7. The summed E-state index contributed by atoms with van der Waals surface area (Å²) < 4.78 is 6.14.